The van der Waals surface area contributed by atoms with Crippen LogP contribution in [0.5, 0.6) is 0 Å². The van der Waals surface area contributed by atoms with Gasteiger partial charge in [0.2, 0.25) is 0 Å². The Morgan fingerprint density at radius 2 is 2.14 bits per heavy atom. The molecule has 1 atom stereocenters. The Labute approximate surface area is 129 Å². The van der Waals surface area contributed by atoms with Crippen LogP contribution in [0, 0.1) is 0 Å². The summed E-state index contributed by atoms with van der Waals surface area (Å²) >= 11 is 5.58. The maximum atomic E-state index is 9.48. The van der Waals surface area contributed by atoms with E-state index in [1.54, 1.807) is 0 Å². The molecule has 1 unspecified atom stereocenters. The molecular weight excluding hydrogens is 290 g/mol. The van der Waals surface area contributed by atoms with Gasteiger partial charge in [-0.15, -0.1) is 11.6 Å². The van der Waals surface area contributed by atoms with Crippen molar-refractivity contribution in [3.8, 4) is 0 Å². The van der Waals surface area contributed by atoms with Crippen molar-refractivity contribution in [1.82, 2.24) is 9.55 Å². The quantitative estimate of drug-likeness (QED) is 0.685. The number of aliphatic hydroxyl groups is 2. The zero-order chi connectivity index (χ0) is 15.4. The van der Waals surface area contributed by atoms with Gasteiger partial charge in [0.1, 0.15) is 5.82 Å². The molecule has 0 fully saturated rings. The SMILES string of the molecule is CC(C)c1nc2cc(NCC(O)CCl)ccc2n1CCO. The molecule has 1 heterocycles. The van der Waals surface area contributed by atoms with Gasteiger partial charge in [0.05, 0.1) is 29.6 Å². The Bertz CT molecular complexity index is 598. The predicted molar refractivity (Wildman–Crippen MR) is 86.1 cm³/mol. The van der Waals surface area contributed by atoms with Gasteiger partial charge in [-0.3, -0.25) is 0 Å². The number of hydrogen-bond acceptors (Lipinski definition) is 4. The van der Waals surface area contributed by atoms with Gasteiger partial charge in [0.15, 0.2) is 0 Å². The van der Waals surface area contributed by atoms with Gasteiger partial charge in [0.25, 0.3) is 0 Å². The first-order valence-corrected chi connectivity index (χ1v) is 7.69. The highest BCUT2D eigenvalue weighted by Gasteiger charge is 2.13. The van der Waals surface area contributed by atoms with E-state index in [9.17, 15) is 10.2 Å². The lowest BCUT2D eigenvalue weighted by Crippen LogP contribution is -2.20. The third-order valence-electron chi connectivity index (χ3n) is 3.34. The molecule has 0 saturated heterocycles. The van der Waals surface area contributed by atoms with Crippen LogP contribution < -0.4 is 5.32 Å². The number of hydrogen-bond donors (Lipinski definition) is 3. The number of rotatable bonds is 7. The first-order valence-electron chi connectivity index (χ1n) is 7.15. The normalized spacial score (nSPS) is 13.0. The highest BCUT2D eigenvalue weighted by molar-refractivity contribution is 6.18. The van der Waals surface area contributed by atoms with Gasteiger partial charge in [-0.05, 0) is 18.2 Å². The van der Waals surface area contributed by atoms with Gasteiger partial charge in [-0.2, -0.15) is 0 Å². The van der Waals surface area contributed by atoms with Gasteiger partial charge >= 0.3 is 0 Å². The summed E-state index contributed by atoms with van der Waals surface area (Å²) in [6.45, 7) is 5.22. The fourth-order valence-corrected chi connectivity index (χ4v) is 2.43. The molecule has 0 aliphatic heterocycles. The van der Waals surface area contributed by atoms with E-state index in [1.807, 2.05) is 18.2 Å². The smallest absolute Gasteiger partial charge is 0.112 e. The van der Waals surface area contributed by atoms with Crippen molar-refractivity contribution < 1.29 is 10.2 Å². The molecule has 0 bridgehead atoms. The van der Waals surface area contributed by atoms with E-state index < -0.39 is 6.10 Å². The Morgan fingerprint density at radius 1 is 1.38 bits per heavy atom. The fraction of sp³-hybridized carbons (Fsp3) is 0.533. The summed E-state index contributed by atoms with van der Waals surface area (Å²) in [7, 11) is 0. The molecule has 0 amide bonds. The van der Waals surface area contributed by atoms with Crippen LogP contribution in [0.4, 0.5) is 5.69 Å². The van der Waals surface area contributed by atoms with Crippen LogP contribution in [-0.4, -0.2) is 44.9 Å². The van der Waals surface area contributed by atoms with Crippen LogP contribution in [-0.2, 0) is 6.54 Å². The summed E-state index contributed by atoms with van der Waals surface area (Å²) < 4.78 is 2.05. The van der Waals surface area contributed by atoms with Gasteiger partial charge < -0.3 is 20.1 Å². The molecule has 0 spiro atoms. The predicted octanol–water partition coefficient (Wildman–Crippen LogP) is 2.16. The van der Waals surface area contributed by atoms with Gasteiger partial charge in [-0.25, -0.2) is 4.98 Å². The molecule has 1 aromatic carbocycles. The molecule has 0 saturated carbocycles. The average molecular weight is 312 g/mol. The summed E-state index contributed by atoms with van der Waals surface area (Å²) in [5.41, 5.74) is 2.80. The Hall–Kier alpha value is -1.30. The van der Waals surface area contributed by atoms with E-state index in [1.165, 1.54) is 0 Å². The van der Waals surface area contributed by atoms with E-state index in [4.69, 9.17) is 11.6 Å². The van der Waals surface area contributed by atoms with Crippen molar-refractivity contribution >= 4 is 28.3 Å². The lowest BCUT2D eigenvalue weighted by molar-refractivity contribution is 0.211. The highest BCUT2D eigenvalue weighted by Crippen LogP contribution is 2.24. The summed E-state index contributed by atoms with van der Waals surface area (Å²) in [5.74, 6) is 1.47. The van der Waals surface area contributed by atoms with E-state index >= 15 is 0 Å². The second-order valence-electron chi connectivity index (χ2n) is 5.39. The van der Waals surface area contributed by atoms with Crippen LogP contribution in [0.1, 0.15) is 25.6 Å². The van der Waals surface area contributed by atoms with E-state index in [2.05, 4.69) is 28.7 Å². The number of benzene rings is 1. The van der Waals surface area contributed by atoms with Crippen molar-refractivity contribution in [3.63, 3.8) is 0 Å². The zero-order valence-electron chi connectivity index (χ0n) is 12.4. The minimum atomic E-state index is -0.569. The van der Waals surface area contributed by atoms with Crippen LogP contribution in [0.25, 0.3) is 11.0 Å². The van der Waals surface area contributed by atoms with Crippen molar-refractivity contribution in [3.05, 3.63) is 24.0 Å². The van der Waals surface area contributed by atoms with E-state index in [0.717, 1.165) is 22.5 Å². The third kappa shape index (κ3) is 3.67. The molecule has 2 aromatic rings. The second kappa shape index (κ2) is 7.11. The molecule has 0 aliphatic rings. The second-order valence-corrected chi connectivity index (χ2v) is 5.70. The first-order chi connectivity index (χ1) is 10.1. The number of anilines is 1. The number of aromatic nitrogens is 2. The monoisotopic (exact) mass is 311 g/mol. The molecule has 5 nitrogen and oxygen atoms in total. The summed E-state index contributed by atoms with van der Waals surface area (Å²) in [5, 5.41) is 21.9. The van der Waals surface area contributed by atoms with Crippen LogP contribution in [0.2, 0.25) is 0 Å². The minimum absolute atomic E-state index is 0.0904. The topological polar surface area (TPSA) is 70.3 Å². The lowest BCUT2D eigenvalue weighted by atomic mass is 10.2. The fourth-order valence-electron chi connectivity index (χ4n) is 2.32. The number of nitrogens with one attached hydrogen (secondary N) is 1. The van der Waals surface area contributed by atoms with Crippen molar-refractivity contribution in [1.29, 1.82) is 0 Å². The number of imidazole rings is 1. The Kier molecular flexibility index (Phi) is 5.45. The van der Waals surface area contributed by atoms with Crippen LogP contribution >= 0.6 is 11.6 Å². The van der Waals surface area contributed by atoms with E-state index in [-0.39, 0.29) is 12.5 Å². The third-order valence-corrected chi connectivity index (χ3v) is 3.69. The Balaban J connectivity index is 2.31. The molecule has 0 radical (unpaired) electrons. The first kappa shape index (κ1) is 16.1. The molecule has 3 N–H and O–H groups in total. The van der Waals surface area contributed by atoms with Crippen molar-refractivity contribution in [2.24, 2.45) is 0 Å². The molecule has 1 aromatic heterocycles. The average Bonchev–Trinajstić information content (AvgIpc) is 2.83. The largest absolute Gasteiger partial charge is 0.395 e. The van der Waals surface area contributed by atoms with Crippen LogP contribution in [0.15, 0.2) is 18.2 Å². The zero-order valence-corrected chi connectivity index (χ0v) is 13.1. The number of nitrogens with zero attached hydrogens (tertiary/aromatic N) is 2. The number of fused-ring (bicyclic) bond motifs is 1. The molecule has 0 aliphatic carbocycles. The van der Waals surface area contributed by atoms with Crippen molar-refractivity contribution in [2.45, 2.75) is 32.4 Å². The molecule has 2 rings (SSSR count). The standard InChI is InChI=1S/C15H22ClN3O2/c1-10(2)15-18-13-7-11(17-9-12(21)8-16)3-4-14(13)19(15)5-6-20/h3-4,7,10,12,17,20-21H,5-6,8-9H2,1-2H3. The van der Waals surface area contributed by atoms with Crippen LogP contribution in [0.3, 0.4) is 0 Å². The Morgan fingerprint density at radius 3 is 2.76 bits per heavy atom. The van der Waals surface area contributed by atoms with Gasteiger partial charge in [0, 0.05) is 24.7 Å². The van der Waals surface area contributed by atoms with E-state index in [0.29, 0.717) is 19.0 Å². The lowest BCUT2D eigenvalue weighted by Gasteiger charge is -2.11. The van der Waals surface area contributed by atoms with Gasteiger partial charge in [-0.1, -0.05) is 13.8 Å². The summed E-state index contributed by atoms with van der Waals surface area (Å²) in [4.78, 5) is 4.66. The maximum Gasteiger partial charge on any atom is 0.112 e. The maximum absolute atomic E-state index is 9.48. The molecule has 6 heteroatoms. The number of alkyl halides is 1. The molecular formula is C15H22ClN3O2. The number of halogens is 1. The molecule has 116 valence electrons. The summed E-state index contributed by atoms with van der Waals surface area (Å²) in [6.07, 6.45) is -0.569. The minimum Gasteiger partial charge on any atom is -0.395 e. The highest BCUT2D eigenvalue weighted by atomic mass is 35.5. The molecule has 21 heavy (non-hydrogen) atoms. The summed E-state index contributed by atoms with van der Waals surface area (Å²) in [6, 6.07) is 5.89. The van der Waals surface area contributed by atoms with Crippen molar-refractivity contribution in [2.75, 3.05) is 24.3 Å². The number of aliphatic hydroxyl groups excluding tert-OH is 2.